The van der Waals surface area contributed by atoms with Gasteiger partial charge in [-0.15, -0.1) is 0 Å². The quantitative estimate of drug-likeness (QED) is 0.843. The number of aryl methyl sites for hydroxylation is 2. The van der Waals surface area contributed by atoms with Gasteiger partial charge >= 0.3 is 0 Å². The maximum Gasteiger partial charge on any atom is 0.262 e. The SMILES string of the molecule is Cc1ccc(C)c(S(=O)(=O)Nc2ccc(OCC(N)=O)cc2)c1. The lowest BCUT2D eigenvalue weighted by atomic mass is 10.2. The lowest BCUT2D eigenvalue weighted by Gasteiger charge is -2.11. The Morgan fingerprint density at radius 1 is 1.13 bits per heavy atom. The van der Waals surface area contributed by atoms with E-state index in [9.17, 15) is 13.2 Å². The molecule has 122 valence electrons. The minimum atomic E-state index is -3.67. The summed E-state index contributed by atoms with van der Waals surface area (Å²) in [6.07, 6.45) is 0. The van der Waals surface area contributed by atoms with Crippen molar-refractivity contribution in [2.45, 2.75) is 18.7 Å². The first-order valence-electron chi connectivity index (χ1n) is 6.89. The van der Waals surface area contributed by atoms with Gasteiger partial charge in [0.1, 0.15) is 5.75 Å². The van der Waals surface area contributed by atoms with Gasteiger partial charge in [0, 0.05) is 5.69 Å². The van der Waals surface area contributed by atoms with Gasteiger partial charge in [0.25, 0.3) is 15.9 Å². The van der Waals surface area contributed by atoms with Crippen LogP contribution in [0, 0.1) is 13.8 Å². The molecule has 0 heterocycles. The van der Waals surface area contributed by atoms with E-state index < -0.39 is 15.9 Å². The Kier molecular flexibility index (Phi) is 4.90. The highest BCUT2D eigenvalue weighted by molar-refractivity contribution is 7.92. The van der Waals surface area contributed by atoms with Crippen LogP contribution < -0.4 is 15.2 Å². The van der Waals surface area contributed by atoms with Crippen LogP contribution in [0.25, 0.3) is 0 Å². The number of ether oxygens (including phenoxy) is 1. The van der Waals surface area contributed by atoms with Crippen LogP contribution in [0.5, 0.6) is 5.75 Å². The molecule has 23 heavy (non-hydrogen) atoms. The van der Waals surface area contributed by atoms with Crippen molar-refractivity contribution < 1.29 is 17.9 Å². The van der Waals surface area contributed by atoms with E-state index in [1.165, 1.54) is 0 Å². The van der Waals surface area contributed by atoms with E-state index >= 15 is 0 Å². The van der Waals surface area contributed by atoms with Gasteiger partial charge in [0.2, 0.25) is 0 Å². The molecule has 0 aromatic heterocycles. The molecule has 0 bridgehead atoms. The highest BCUT2D eigenvalue weighted by Crippen LogP contribution is 2.22. The molecule has 2 rings (SSSR count). The third-order valence-corrected chi connectivity index (χ3v) is 4.64. The van der Waals surface area contributed by atoms with Crippen molar-refractivity contribution in [3.8, 4) is 5.75 Å². The van der Waals surface area contributed by atoms with E-state index in [0.717, 1.165) is 5.56 Å². The summed E-state index contributed by atoms with van der Waals surface area (Å²) in [5, 5.41) is 0. The molecule has 0 unspecified atom stereocenters. The van der Waals surface area contributed by atoms with Crippen molar-refractivity contribution >= 4 is 21.6 Å². The highest BCUT2D eigenvalue weighted by atomic mass is 32.2. The van der Waals surface area contributed by atoms with Gasteiger partial charge in [-0.05, 0) is 55.3 Å². The number of nitrogens with two attached hydrogens (primary N) is 1. The summed E-state index contributed by atoms with van der Waals surface area (Å²) in [5.74, 6) is -0.150. The van der Waals surface area contributed by atoms with Gasteiger partial charge in [-0.2, -0.15) is 0 Å². The normalized spacial score (nSPS) is 11.0. The molecule has 0 atom stereocenters. The van der Waals surface area contributed by atoms with Crippen LogP contribution in [0.1, 0.15) is 11.1 Å². The van der Waals surface area contributed by atoms with Crippen LogP contribution in [0.4, 0.5) is 5.69 Å². The molecule has 6 nitrogen and oxygen atoms in total. The number of rotatable bonds is 6. The molecule has 0 aliphatic heterocycles. The molecule has 0 fully saturated rings. The Hall–Kier alpha value is -2.54. The van der Waals surface area contributed by atoms with Crippen molar-refractivity contribution in [1.82, 2.24) is 0 Å². The predicted octanol–water partition coefficient (Wildman–Crippen LogP) is 1.97. The standard InChI is InChI=1S/C16H18N2O4S/c1-11-3-4-12(2)15(9-11)23(20,21)18-13-5-7-14(8-6-13)22-10-16(17)19/h3-9,18H,10H2,1-2H3,(H2,17,19). The summed E-state index contributed by atoms with van der Waals surface area (Å²) in [6, 6.07) is 11.5. The van der Waals surface area contributed by atoms with Crippen LogP contribution >= 0.6 is 0 Å². The molecule has 2 aromatic rings. The van der Waals surface area contributed by atoms with Gasteiger partial charge < -0.3 is 10.5 Å². The second-order valence-electron chi connectivity index (χ2n) is 5.15. The smallest absolute Gasteiger partial charge is 0.262 e. The Morgan fingerprint density at radius 2 is 1.78 bits per heavy atom. The number of primary amides is 1. The predicted molar refractivity (Wildman–Crippen MR) is 87.9 cm³/mol. The zero-order valence-corrected chi connectivity index (χ0v) is 13.7. The molecule has 0 spiro atoms. The summed E-state index contributed by atoms with van der Waals surface area (Å²) in [7, 11) is -3.67. The van der Waals surface area contributed by atoms with Gasteiger partial charge in [0.05, 0.1) is 4.90 Å². The summed E-state index contributed by atoms with van der Waals surface area (Å²) >= 11 is 0. The topological polar surface area (TPSA) is 98.5 Å². The fourth-order valence-corrected chi connectivity index (χ4v) is 3.37. The first kappa shape index (κ1) is 16.8. The van der Waals surface area contributed by atoms with E-state index in [4.69, 9.17) is 10.5 Å². The molecular formula is C16H18N2O4S. The lowest BCUT2D eigenvalue weighted by molar-refractivity contribution is -0.119. The number of hydrogen-bond donors (Lipinski definition) is 2. The van der Waals surface area contributed by atoms with E-state index in [2.05, 4.69) is 4.72 Å². The molecule has 1 amide bonds. The Bertz CT molecular complexity index is 814. The van der Waals surface area contributed by atoms with Crippen LogP contribution in [0.15, 0.2) is 47.4 Å². The van der Waals surface area contributed by atoms with E-state index in [-0.39, 0.29) is 11.5 Å². The monoisotopic (exact) mass is 334 g/mol. The summed E-state index contributed by atoms with van der Waals surface area (Å²) in [4.78, 5) is 10.9. The first-order chi connectivity index (χ1) is 10.8. The van der Waals surface area contributed by atoms with Crippen LogP contribution in [-0.4, -0.2) is 20.9 Å². The number of nitrogens with one attached hydrogen (secondary N) is 1. The maximum atomic E-state index is 12.5. The molecule has 3 N–H and O–H groups in total. The number of carbonyl (C=O) groups excluding carboxylic acids is 1. The number of carbonyl (C=O) groups is 1. The largest absolute Gasteiger partial charge is 0.484 e. The van der Waals surface area contributed by atoms with Crippen molar-refractivity contribution in [1.29, 1.82) is 0 Å². The number of hydrogen-bond acceptors (Lipinski definition) is 4. The van der Waals surface area contributed by atoms with Gasteiger partial charge in [-0.1, -0.05) is 12.1 Å². The second kappa shape index (κ2) is 6.70. The molecule has 0 radical (unpaired) electrons. The number of sulfonamides is 1. The molecule has 0 aliphatic carbocycles. The van der Waals surface area contributed by atoms with Crippen molar-refractivity contribution in [2.24, 2.45) is 5.73 Å². The van der Waals surface area contributed by atoms with Crippen molar-refractivity contribution in [3.05, 3.63) is 53.6 Å². The number of benzene rings is 2. The lowest BCUT2D eigenvalue weighted by Crippen LogP contribution is -2.20. The third-order valence-electron chi connectivity index (χ3n) is 3.12. The summed E-state index contributed by atoms with van der Waals surface area (Å²) < 4.78 is 32.6. The third kappa shape index (κ3) is 4.46. The van der Waals surface area contributed by atoms with E-state index in [1.807, 2.05) is 13.0 Å². The molecule has 2 aromatic carbocycles. The van der Waals surface area contributed by atoms with E-state index in [1.54, 1.807) is 43.3 Å². The Balaban J connectivity index is 2.17. The molecule has 7 heteroatoms. The van der Waals surface area contributed by atoms with Crippen LogP contribution in [0.3, 0.4) is 0 Å². The second-order valence-corrected chi connectivity index (χ2v) is 6.80. The fraction of sp³-hybridized carbons (Fsp3) is 0.188. The number of amides is 1. The van der Waals surface area contributed by atoms with Crippen molar-refractivity contribution in [2.75, 3.05) is 11.3 Å². The average molecular weight is 334 g/mol. The zero-order valence-electron chi connectivity index (χ0n) is 12.9. The zero-order chi connectivity index (χ0) is 17.0. The average Bonchev–Trinajstić information content (AvgIpc) is 2.48. The maximum absolute atomic E-state index is 12.5. The van der Waals surface area contributed by atoms with Crippen molar-refractivity contribution in [3.63, 3.8) is 0 Å². The fourth-order valence-electron chi connectivity index (χ4n) is 1.98. The minimum absolute atomic E-state index is 0.229. The summed E-state index contributed by atoms with van der Waals surface area (Å²) in [5.41, 5.74) is 6.93. The van der Waals surface area contributed by atoms with E-state index in [0.29, 0.717) is 17.0 Å². The minimum Gasteiger partial charge on any atom is -0.484 e. The molecular weight excluding hydrogens is 316 g/mol. The molecule has 0 saturated carbocycles. The Labute approximate surface area is 135 Å². The number of anilines is 1. The van der Waals surface area contributed by atoms with Gasteiger partial charge in [-0.3, -0.25) is 9.52 Å². The highest BCUT2D eigenvalue weighted by Gasteiger charge is 2.17. The van der Waals surface area contributed by atoms with Crippen LogP contribution in [0.2, 0.25) is 0 Å². The first-order valence-corrected chi connectivity index (χ1v) is 8.37. The molecule has 0 saturated heterocycles. The van der Waals surface area contributed by atoms with Gasteiger partial charge in [-0.25, -0.2) is 8.42 Å². The Morgan fingerprint density at radius 3 is 2.39 bits per heavy atom. The summed E-state index contributed by atoms with van der Waals surface area (Å²) in [6.45, 7) is 3.35. The molecule has 0 aliphatic rings. The van der Waals surface area contributed by atoms with Gasteiger partial charge in [0.15, 0.2) is 6.61 Å². The van der Waals surface area contributed by atoms with Crippen LogP contribution in [-0.2, 0) is 14.8 Å².